The van der Waals surface area contributed by atoms with E-state index in [2.05, 4.69) is 21.8 Å². The average molecular weight is 448 g/mol. The lowest BCUT2D eigenvalue weighted by Gasteiger charge is -2.21. The van der Waals surface area contributed by atoms with Crippen LogP contribution >= 0.6 is 0 Å². The van der Waals surface area contributed by atoms with Crippen molar-refractivity contribution in [1.82, 2.24) is 14.9 Å². The van der Waals surface area contributed by atoms with Crippen molar-refractivity contribution < 1.29 is 13.9 Å². The molecule has 0 spiro atoms. The van der Waals surface area contributed by atoms with Crippen LogP contribution in [0.25, 0.3) is 10.9 Å². The number of benzene rings is 3. The summed E-state index contributed by atoms with van der Waals surface area (Å²) < 4.78 is 24.5. The Kier molecular flexibility index (Phi) is 7.00. The Hall–Kier alpha value is -3.71. The number of fused-ring (bicyclic) bond motifs is 1. The normalized spacial score (nSPS) is 11.2. The molecule has 0 saturated heterocycles. The summed E-state index contributed by atoms with van der Waals surface area (Å²) >= 11 is 0. The molecule has 7 heteroatoms. The molecule has 0 bridgehead atoms. The Labute approximate surface area is 191 Å². The molecule has 0 radical (unpaired) electrons. The summed E-state index contributed by atoms with van der Waals surface area (Å²) in [4.78, 5) is 22.0. The van der Waals surface area contributed by atoms with Gasteiger partial charge in [-0.3, -0.25) is 9.69 Å². The van der Waals surface area contributed by atoms with Crippen molar-refractivity contribution in [3.8, 4) is 11.5 Å². The number of hydrogen-bond acceptors (Lipinski definition) is 5. The Morgan fingerprint density at radius 2 is 1.73 bits per heavy atom. The molecule has 0 aliphatic heterocycles. The Balaban J connectivity index is 1.45. The van der Waals surface area contributed by atoms with Gasteiger partial charge in [-0.1, -0.05) is 37.3 Å². The number of H-pyrrole nitrogens is 1. The highest BCUT2D eigenvalue weighted by Crippen LogP contribution is 2.29. The van der Waals surface area contributed by atoms with E-state index < -0.39 is 0 Å². The zero-order chi connectivity index (χ0) is 23.2. The number of aromatic nitrogens is 2. The fourth-order valence-corrected chi connectivity index (χ4v) is 3.63. The maximum atomic E-state index is 13.1. The molecule has 4 aromatic rings. The highest BCUT2D eigenvalue weighted by atomic mass is 19.1. The van der Waals surface area contributed by atoms with Crippen LogP contribution < -0.4 is 15.0 Å². The van der Waals surface area contributed by atoms with Crippen LogP contribution in [0.5, 0.6) is 11.5 Å². The highest BCUT2D eigenvalue weighted by Gasteiger charge is 2.12. The van der Waals surface area contributed by atoms with Crippen LogP contribution in [-0.2, 0) is 19.7 Å². The van der Waals surface area contributed by atoms with Crippen molar-refractivity contribution in [3.63, 3.8) is 0 Å². The van der Waals surface area contributed by atoms with E-state index in [1.165, 1.54) is 12.1 Å². The number of methoxy groups -OCH3 is 1. The average Bonchev–Trinajstić information content (AvgIpc) is 2.83. The van der Waals surface area contributed by atoms with Crippen molar-refractivity contribution in [3.05, 3.63) is 99.9 Å². The lowest BCUT2D eigenvalue weighted by atomic mass is 10.1. The third kappa shape index (κ3) is 5.56. The molecule has 0 saturated carbocycles. The Bertz CT molecular complexity index is 1290. The number of nitrogens with one attached hydrogen (secondary N) is 1. The summed E-state index contributed by atoms with van der Waals surface area (Å²) in [5.74, 6) is 1.60. The van der Waals surface area contributed by atoms with Gasteiger partial charge in [-0.05, 0) is 54.1 Å². The minimum atomic E-state index is -0.274. The number of ether oxygens (including phenoxy) is 2. The third-order valence-corrected chi connectivity index (χ3v) is 5.42. The first-order chi connectivity index (χ1) is 16.1. The van der Waals surface area contributed by atoms with Crippen molar-refractivity contribution in [2.45, 2.75) is 26.6 Å². The van der Waals surface area contributed by atoms with Gasteiger partial charge in [0.1, 0.15) is 18.2 Å². The minimum Gasteiger partial charge on any atom is -0.493 e. The molecule has 1 heterocycles. The van der Waals surface area contributed by atoms with E-state index in [0.29, 0.717) is 47.9 Å². The van der Waals surface area contributed by atoms with E-state index in [1.54, 1.807) is 25.3 Å². The summed E-state index contributed by atoms with van der Waals surface area (Å²) in [6, 6.07) is 19.4. The van der Waals surface area contributed by atoms with Crippen molar-refractivity contribution in [2.24, 2.45) is 0 Å². The van der Waals surface area contributed by atoms with E-state index >= 15 is 0 Å². The van der Waals surface area contributed by atoms with Crippen molar-refractivity contribution in [2.75, 3.05) is 13.7 Å². The van der Waals surface area contributed by atoms with Gasteiger partial charge < -0.3 is 14.5 Å². The van der Waals surface area contributed by atoms with Crippen LogP contribution in [0.2, 0.25) is 0 Å². The van der Waals surface area contributed by atoms with Crippen LogP contribution in [0.3, 0.4) is 0 Å². The maximum Gasteiger partial charge on any atom is 0.258 e. The zero-order valence-electron chi connectivity index (χ0n) is 18.7. The molecule has 3 aromatic carbocycles. The molecule has 0 amide bonds. The number of aromatic amines is 1. The maximum absolute atomic E-state index is 13.1. The van der Waals surface area contributed by atoms with Crippen LogP contribution in [0, 0.1) is 5.82 Å². The van der Waals surface area contributed by atoms with Crippen LogP contribution in [0.15, 0.2) is 71.5 Å². The predicted octanol–water partition coefficient (Wildman–Crippen LogP) is 4.67. The molecule has 0 aliphatic rings. The second-order valence-corrected chi connectivity index (χ2v) is 7.73. The summed E-state index contributed by atoms with van der Waals surface area (Å²) in [6.07, 6.45) is 0. The number of rotatable bonds is 9. The molecular weight excluding hydrogens is 421 g/mol. The molecule has 1 N–H and O–H groups in total. The van der Waals surface area contributed by atoms with Gasteiger partial charge >= 0.3 is 0 Å². The molecule has 0 aliphatic carbocycles. The van der Waals surface area contributed by atoms with Gasteiger partial charge in [0, 0.05) is 6.54 Å². The molecule has 6 nitrogen and oxygen atoms in total. The number of halogens is 1. The lowest BCUT2D eigenvalue weighted by Crippen LogP contribution is -2.25. The first kappa shape index (κ1) is 22.5. The largest absolute Gasteiger partial charge is 0.493 e. The van der Waals surface area contributed by atoms with Crippen LogP contribution in [0.1, 0.15) is 23.9 Å². The molecule has 0 atom stereocenters. The molecule has 0 fully saturated rings. The standard InChI is InChI=1S/C26H26FN3O3/c1-3-30(16-25-28-22-7-5-4-6-21(22)26(31)29-25)15-19-10-13-23(24(14-19)32-2)33-17-18-8-11-20(27)12-9-18/h4-14H,3,15-17H2,1-2H3,(H,28,29,31). The molecular formula is C26H26FN3O3. The molecule has 0 unspecified atom stereocenters. The fraction of sp³-hybridized carbons (Fsp3) is 0.231. The smallest absolute Gasteiger partial charge is 0.258 e. The lowest BCUT2D eigenvalue weighted by molar-refractivity contribution is 0.262. The number of nitrogens with zero attached hydrogens (tertiary/aromatic N) is 2. The van der Waals surface area contributed by atoms with Gasteiger partial charge in [0.15, 0.2) is 11.5 Å². The first-order valence-electron chi connectivity index (χ1n) is 10.8. The SMILES string of the molecule is CCN(Cc1ccc(OCc2ccc(F)cc2)c(OC)c1)Cc1nc2ccccc2c(=O)[nH]1. The summed E-state index contributed by atoms with van der Waals surface area (Å²) in [5.41, 5.74) is 2.48. The van der Waals surface area contributed by atoms with E-state index in [-0.39, 0.29) is 11.4 Å². The first-order valence-corrected chi connectivity index (χ1v) is 10.8. The molecule has 1 aromatic heterocycles. The molecule has 4 rings (SSSR count). The monoisotopic (exact) mass is 447 g/mol. The molecule has 33 heavy (non-hydrogen) atoms. The van der Waals surface area contributed by atoms with Crippen LogP contribution in [0.4, 0.5) is 4.39 Å². The van der Waals surface area contributed by atoms with Gasteiger partial charge in [0.2, 0.25) is 0 Å². The number of para-hydroxylation sites is 1. The van der Waals surface area contributed by atoms with E-state index in [1.807, 2.05) is 36.4 Å². The van der Waals surface area contributed by atoms with Gasteiger partial charge in [-0.25, -0.2) is 9.37 Å². The van der Waals surface area contributed by atoms with Gasteiger partial charge in [0.05, 0.1) is 24.6 Å². The van der Waals surface area contributed by atoms with E-state index in [9.17, 15) is 9.18 Å². The summed E-state index contributed by atoms with van der Waals surface area (Å²) in [6.45, 7) is 4.33. The Morgan fingerprint density at radius 3 is 2.48 bits per heavy atom. The topological polar surface area (TPSA) is 67.5 Å². The molecule has 170 valence electrons. The van der Waals surface area contributed by atoms with E-state index in [0.717, 1.165) is 17.7 Å². The van der Waals surface area contributed by atoms with E-state index in [4.69, 9.17) is 9.47 Å². The summed E-state index contributed by atoms with van der Waals surface area (Å²) in [5, 5.41) is 0.588. The van der Waals surface area contributed by atoms with Gasteiger partial charge in [0.25, 0.3) is 5.56 Å². The quantitative estimate of drug-likeness (QED) is 0.404. The van der Waals surface area contributed by atoms with Gasteiger partial charge in [-0.2, -0.15) is 0 Å². The Morgan fingerprint density at radius 1 is 0.970 bits per heavy atom. The minimum absolute atomic E-state index is 0.129. The number of hydrogen-bond donors (Lipinski definition) is 1. The summed E-state index contributed by atoms with van der Waals surface area (Å²) in [7, 11) is 1.60. The third-order valence-electron chi connectivity index (χ3n) is 5.42. The predicted molar refractivity (Wildman–Crippen MR) is 126 cm³/mol. The van der Waals surface area contributed by atoms with Gasteiger partial charge in [-0.15, -0.1) is 0 Å². The second kappa shape index (κ2) is 10.3. The fourth-order valence-electron chi connectivity index (χ4n) is 3.63. The highest BCUT2D eigenvalue weighted by molar-refractivity contribution is 5.77. The van der Waals surface area contributed by atoms with Crippen molar-refractivity contribution in [1.29, 1.82) is 0 Å². The van der Waals surface area contributed by atoms with Crippen LogP contribution in [-0.4, -0.2) is 28.5 Å². The van der Waals surface area contributed by atoms with Crippen molar-refractivity contribution >= 4 is 10.9 Å². The second-order valence-electron chi connectivity index (χ2n) is 7.73. The zero-order valence-corrected chi connectivity index (χ0v) is 18.7.